The summed E-state index contributed by atoms with van der Waals surface area (Å²) in [5.74, 6) is 0. The number of carbonyl (C=O) groups excluding carboxylic acids is 1. The van der Waals surface area contributed by atoms with Crippen LogP contribution >= 0.6 is 0 Å². The van der Waals surface area contributed by atoms with Crippen molar-refractivity contribution in [2.24, 2.45) is 0 Å². The number of nitrogens with zero attached hydrogens (tertiary/aromatic N) is 1. The third-order valence-corrected chi connectivity index (χ3v) is 3.78. The predicted molar refractivity (Wildman–Crippen MR) is 84.6 cm³/mol. The van der Waals surface area contributed by atoms with E-state index in [0.29, 0.717) is 0 Å². The van der Waals surface area contributed by atoms with Crippen LogP contribution in [-0.4, -0.2) is 47.9 Å². The minimum atomic E-state index is -0.435. The van der Waals surface area contributed by atoms with Crippen LogP contribution in [0.1, 0.15) is 31.9 Å². The lowest BCUT2D eigenvalue weighted by Gasteiger charge is -2.33. The Hall–Kier alpha value is -1.59. The Morgan fingerprint density at radius 3 is 2.23 bits per heavy atom. The number of aliphatic hydroxyl groups is 1. The number of aliphatic hydroxyl groups excluding tert-OH is 1. The summed E-state index contributed by atoms with van der Waals surface area (Å²) in [5, 5.41) is 9.06. The molecule has 122 valence electrons. The molecule has 1 fully saturated rings. The fourth-order valence-electron chi connectivity index (χ4n) is 2.56. The molecule has 1 saturated heterocycles. The van der Waals surface area contributed by atoms with E-state index in [4.69, 9.17) is 9.84 Å². The second-order valence-corrected chi connectivity index (χ2v) is 6.87. The standard InChI is InChI=1S/C17H26N2O3/c1-17(2,3)22-16(21)19-10-8-18(9-11-19)12-14-4-6-15(13-20)7-5-14/h4-7,20H,8-13H2,1-3H3/p+1. The molecule has 1 aromatic rings. The van der Waals surface area contributed by atoms with Gasteiger partial charge in [0, 0.05) is 5.56 Å². The quantitative estimate of drug-likeness (QED) is 0.869. The molecular weight excluding hydrogens is 280 g/mol. The zero-order valence-corrected chi connectivity index (χ0v) is 13.8. The van der Waals surface area contributed by atoms with Gasteiger partial charge < -0.3 is 14.7 Å². The van der Waals surface area contributed by atoms with E-state index < -0.39 is 5.60 Å². The van der Waals surface area contributed by atoms with Crippen molar-refractivity contribution in [2.45, 2.75) is 39.5 Å². The Labute approximate surface area is 132 Å². The van der Waals surface area contributed by atoms with Crippen molar-refractivity contribution in [3.05, 3.63) is 35.4 Å². The molecule has 1 aromatic carbocycles. The molecule has 0 aliphatic carbocycles. The molecule has 0 spiro atoms. The summed E-state index contributed by atoms with van der Waals surface area (Å²) in [6, 6.07) is 8.06. The second-order valence-electron chi connectivity index (χ2n) is 6.87. The lowest BCUT2D eigenvalue weighted by molar-refractivity contribution is -0.917. The molecule has 22 heavy (non-hydrogen) atoms. The van der Waals surface area contributed by atoms with Gasteiger partial charge in [-0.2, -0.15) is 0 Å². The molecule has 0 radical (unpaired) electrons. The summed E-state index contributed by atoms with van der Waals surface area (Å²) in [7, 11) is 0. The van der Waals surface area contributed by atoms with Gasteiger partial charge in [0.05, 0.1) is 32.8 Å². The van der Waals surface area contributed by atoms with Crippen LogP contribution in [0.15, 0.2) is 24.3 Å². The van der Waals surface area contributed by atoms with Crippen LogP contribution in [0.25, 0.3) is 0 Å². The highest BCUT2D eigenvalue weighted by Gasteiger charge is 2.27. The predicted octanol–water partition coefficient (Wildman–Crippen LogP) is 0.814. The van der Waals surface area contributed by atoms with Gasteiger partial charge in [-0.1, -0.05) is 24.3 Å². The molecule has 0 atom stereocenters. The summed E-state index contributed by atoms with van der Waals surface area (Å²) >= 11 is 0. The summed E-state index contributed by atoms with van der Waals surface area (Å²) in [6.07, 6.45) is -0.209. The molecule has 0 aromatic heterocycles. The summed E-state index contributed by atoms with van der Waals surface area (Å²) in [4.78, 5) is 15.3. The normalized spacial score (nSPS) is 16.6. The van der Waals surface area contributed by atoms with E-state index in [2.05, 4.69) is 12.1 Å². The summed E-state index contributed by atoms with van der Waals surface area (Å²) in [5.41, 5.74) is 1.77. The van der Waals surface area contributed by atoms with E-state index in [0.717, 1.165) is 38.3 Å². The number of ether oxygens (including phenoxy) is 1. The molecule has 1 aliphatic heterocycles. The van der Waals surface area contributed by atoms with Crippen molar-refractivity contribution in [3.63, 3.8) is 0 Å². The molecule has 5 heteroatoms. The molecule has 0 unspecified atom stereocenters. The number of piperazine rings is 1. The molecule has 0 saturated carbocycles. The Bertz CT molecular complexity index is 486. The molecule has 5 nitrogen and oxygen atoms in total. The maximum atomic E-state index is 12.0. The first-order valence-corrected chi connectivity index (χ1v) is 7.87. The van der Waals surface area contributed by atoms with Crippen LogP contribution in [0.4, 0.5) is 4.79 Å². The fraction of sp³-hybridized carbons (Fsp3) is 0.588. The molecule has 2 rings (SSSR count). The van der Waals surface area contributed by atoms with Gasteiger partial charge in [0.1, 0.15) is 12.1 Å². The van der Waals surface area contributed by atoms with Crippen molar-refractivity contribution in [3.8, 4) is 0 Å². The number of nitrogens with one attached hydrogen (secondary N) is 1. The van der Waals surface area contributed by atoms with Crippen LogP contribution in [-0.2, 0) is 17.9 Å². The second kappa shape index (κ2) is 7.11. The van der Waals surface area contributed by atoms with Crippen molar-refractivity contribution >= 4 is 6.09 Å². The average molecular weight is 307 g/mol. The summed E-state index contributed by atoms with van der Waals surface area (Å²) < 4.78 is 5.41. The molecule has 1 heterocycles. The Balaban J connectivity index is 1.80. The highest BCUT2D eigenvalue weighted by Crippen LogP contribution is 2.10. The van der Waals surface area contributed by atoms with Gasteiger partial charge in [0.2, 0.25) is 0 Å². The number of carbonyl (C=O) groups is 1. The lowest BCUT2D eigenvalue weighted by Crippen LogP contribution is -3.13. The third-order valence-electron chi connectivity index (χ3n) is 3.78. The molecular formula is C17H27N2O3+. The van der Waals surface area contributed by atoms with Crippen molar-refractivity contribution in [1.82, 2.24) is 4.90 Å². The average Bonchev–Trinajstić information content (AvgIpc) is 2.47. The first-order valence-electron chi connectivity index (χ1n) is 7.87. The largest absolute Gasteiger partial charge is 0.444 e. The zero-order valence-electron chi connectivity index (χ0n) is 13.8. The van der Waals surface area contributed by atoms with Gasteiger partial charge in [-0.15, -0.1) is 0 Å². The highest BCUT2D eigenvalue weighted by molar-refractivity contribution is 5.68. The van der Waals surface area contributed by atoms with Crippen molar-refractivity contribution in [2.75, 3.05) is 26.2 Å². The number of amides is 1. The maximum absolute atomic E-state index is 12.0. The first kappa shape index (κ1) is 16.8. The minimum Gasteiger partial charge on any atom is -0.444 e. The van der Waals surface area contributed by atoms with E-state index in [1.807, 2.05) is 32.9 Å². The lowest BCUT2D eigenvalue weighted by atomic mass is 10.1. The highest BCUT2D eigenvalue weighted by atomic mass is 16.6. The third kappa shape index (κ3) is 5.00. The smallest absolute Gasteiger partial charge is 0.410 e. The van der Waals surface area contributed by atoms with Crippen molar-refractivity contribution < 1.29 is 19.5 Å². The van der Waals surface area contributed by atoms with E-state index >= 15 is 0 Å². The van der Waals surface area contributed by atoms with Gasteiger partial charge >= 0.3 is 6.09 Å². The molecule has 2 N–H and O–H groups in total. The zero-order chi connectivity index (χ0) is 16.2. The van der Waals surface area contributed by atoms with Gasteiger partial charge in [0.25, 0.3) is 0 Å². The molecule has 1 aliphatic rings. The van der Waals surface area contributed by atoms with Crippen LogP contribution in [0.2, 0.25) is 0 Å². The number of quaternary nitrogens is 1. The van der Waals surface area contributed by atoms with E-state index in [9.17, 15) is 4.79 Å². The van der Waals surface area contributed by atoms with E-state index in [1.165, 1.54) is 10.5 Å². The Kier molecular flexibility index (Phi) is 5.42. The monoisotopic (exact) mass is 307 g/mol. The van der Waals surface area contributed by atoms with Crippen molar-refractivity contribution in [1.29, 1.82) is 0 Å². The summed E-state index contributed by atoms with van der Waals surface area (Å²) in [6.45, 7) is 10.0. The molecule has 1 amide bonds. The number of benzene rings is 1. The maximum Gasteiger partial charge on any atom is 0.410 e. The SMILES string of the molecule is CC(C)(C)OC(=O)N1CC[NH+](Cc2ccc(CO)cc2)CC1. The van der Waals surface area contributed by atoms with Gasteiger partial charge in [-0.05, 0) is 26.3 Å². The number of hydrogen-bond donors (Lipinski definition) is 2. The number of rotatable bonds is 3. The molecule has 0 bridgehead atoms. The fourth-order valence-corrected chi connectivity index (χ4v) is 2.56. The minimum absolute atomic E-state index is 0.0850. The number of hydrogen-bond acceptors (Lipinski definition) is 3. The van der Waals surface area contributed by atoms with Gasteiger partial charge in [0.15, 0.2) is 0 Å². The van der Waals surface area contributed by atoms with E-state index in [1.54, 1.807) is 4.90 Å². The van der Waals surface area contributed by atoms with E-state index in [-0.39, 0.29) is 12.7 Å². The topological polar surface area (TPSA) is 54.2 Å². The van der Waals surface area contributed by atoms with Crippen LogP contribution in [0, 0.1) is 0 Å². The first-order chi connectivity index (χ1) is 10.4. The Morgan fingerprint density at radius 2 is 1.73 bits per heavy atom. The van der Waals surface area contributed by atoms with Crippen LogP contribution in [0.3, 0.4) is 0 Å². The Morgan fingerprint density at radius 1 is 1.18 bits per heavy atom. The van der Waals surface area contributed by atoms with Crippen LogP contribution in [0.5, 0.6) is 0 Å². The van der Waals surface area contributed by atoms with Gasteiger partial charge in [-0.3, -0.25) is 4.90 Å². The van der Waals surface area contributed by atoms with Crippen LogP contribution < -0.4 is 4.90 Å². The van der Waals surface area contributed by atoms with Gasteiger partial charge in [-0.25, -0.2) is 4.79 Å².